The molecule has 10 nitrogen and oxygen atoms in total. The number of aromatic nitrogens is 4. The number of hydrogen-bond acceptors (Lipinski definition) is 9. The zero-order valence-corrected chi connectivity index (χ0v) is 20.3. The number of rotatable bonds is 5. The van der Waals surface area contributed by atoms with E-state index in [4.69, 9.17) is 14.6 Å². The van der Waals surface area contributed by atoms with E-state index in [-0.39, 0.29) is 17.3 Å². The Hall–Kier alpha value is -3.49. The molecule has 2 N–H and O–H groups in total. The highest BCUT2D eigenvalue weighted by atomic mass is 19.1. The van der Waals surface area contributed by atoms with Crippen LogP contribution in [0.1, 0.15) is 32.3 Å². The van der Waals surface area contributed by atoms with E-state index in [1.807, 2.05) is 19.9 Å². The van der Waals surface area contributed by atoms with Crippen LogP contribution in [0.4, 0.5) is 16.0 Å². The molecule has 1 atom stereocenters. The lowest BCUT2D eigenvalue weighted by Crippen LogP contribution is -2.38. The van der Waals surface area contributed by atoms with E-state index in [1.54, 1.807) is 17.7 Å². The van der Waals surface area contributed by atoms with E-state index in [0.29, 0.717) is 55.0 Å². The number of hydrogen-bond donors (Lipinski definition) is 2. The minimum atomic E-state index is -0.605. The summed E-state index contributed by atoms with van der Waals surface area (Å²) in [5, 5.41) is 20.9. The standard InChI is InChI=1S/C22H25FN8O2.C2H6/c1-32-18-10-19-26-13-17(31(19)29-22(18)30-5-7-33-8-6-30)20-16(23)9-14(11-24)21(28-20)27-15-3-2-4-25-12-15;1-2/h9-10,13,15,25H,2-8,12H2,1H3,(H,27,28);1-2H3. The molecule has 2 fully saturated rings. The van der Waals surface area contributed by atoms with Crippen LogP contribution in [-0.2, 0) is 4.74 Å². The van der Waals surface area contributed by atoms with Gasteiger partial charge < -0.3 is 25.0 Å². The summed E-state index contributed by atoms with van der Waals surface area (Å²) in [6.45, 7) is 8.26. The van der Waals surface area contributed by atoms with E-state index < -0.39 is 5.82 Å². The third-order valence-corrected chi connectivity index (χ3v) is 5.95. The van der Waals surface area contributed by atoms with E-state index in [1.165, 1.54) is 12.3 Å². The third kappa shape index (κ3) is 5.13. The Labute approximate surface area is 204 Å². The second-order valence-corrected chi connectivity index (χ2v) is 8.06. The lowest BCUT2D eigenvalue weighted by Gasteiger charge is -2.28. The molecule has 0 saturated carbocycles. The SMILES string of the molecule is CC.COc1cc2ncc(-c3nc(NC4CCCNC4)c(C#N)cc3F)n2nc1N1CCOCC1. The first-order valence-corrected chi connectivity index (χ1v) is 12.0. The molecule has 3 aromatic heterocycles. The number of imidazole rings is 1. The number of methoxy groups -OCH3 is 1. The highest BCUT2D eigenvalue weighted by Gasteiger charge is 2.23. The van der Waals surface area contributed by atoms with Gasteiger partial charge in [-0.05, 0) is 25.5 Å². The van der Waals surface area contributed by atoms with Crippen LogP contribution in [0.3, 0.4) is 0 Å². The fourth-order valence-corrected chi connectivity index (χ4v) is 4.23. The van der Waals surface area contributed by atoms with Crippen molar-refractivity contribution in [1.29, 1.82) is 5.26 Å². The Morgan fingerprint density at radius 1 is 1.29 bits per heavy atom. The van der Waals surface area contributed by atoms with Crippen molar-refractivity contribution in [3.8, 4) is 23.2 Å². The fraction of sp³-hybridized carbons (Fsp3) is 0.500. The van der Waals surface area contributed by atoms with Gasteiger partial charge in [-0.1, -0.05) is 13.8 Å². The molecule has 186 valence electrons. The number of piperidine rings is 1. The number of morpholine rings is 1. The van der Waals surface area contributed by atoms with Crippen LogP contribution >= 0.6 is 0 Å². The molecule has 2 aliphatic rings. The van der Waals surface area contributed by atoms with Crippen molar-refractivity contribution in [2.45, 2.75) is 32.7 Å². The van der Waals surface area contributed by atoms with Crippen LogP contribution in [0.2, 0.25) is 0 Å². The molecule has 11 heteroatoms. The van der Waals surface area contributed by atoms with Gasteiger partial charge >= 0.3 is 0 Å². The van der Waals surface area contributed by atoms with E-state index in [9.17, 15) is 5.26 Å². The Bertz CT molecular complexity index is 1200. The Morgan fingerprint density at radius 2 is 2.09 bits per heavy atom. The van der Waals surface area contributed by atoms with Gasteiger partial charge in [0.25, 0.3) is 0 Å². The van der Waals surface area contributed by atoms with Crippen molar-refractivity contribution < 1.29 is 13.9 Å². The summed E-state index contributed by atoms with van der Waals surface area (Å²) in [5.41, 5.74) is 1.15. The molecule has 2 saturated heterocycles. The maximum absolute atomic E-state index is 15.1. The van der Waals surface area contributed by atoms with Crippen LogP contribution < -0.4 is 20.3 Å². The lowest BCUT2D eigenvalue weighted by atomic mass is 10.1. The van der Waals surface area contributed by atoms with Crippen molar-refractivity contribution in [3.63, 3.8) is 0 Å². The first-order valence-electron chi connectivity index (χ1n) is 12.0. The molecule has 0 amide bonds. The first-order chi connectivity index (χ1) is 17.2. The predicted molar refractivity (Wildman–Crippen MR) is 131 cm³/mol. The van der Waals surface area contributed by atoms with Crippen molar-refractivity contribution in [1.82, 2.24) is 24.9 Å². The summed E-state index contributed by atoms with van der Waals surface area (Å²) in [6.07, 6.45) is 3.51. The van der Waals surface area contributed by atoms with E-state index in [2.05, 4.69) is 25.5 Å². The molecule has 0 aliphatic carbocycles. The van der Waals surface area contributed by atoms with Gasteiger partial charge in [-0.25, -0.2) is 18.9 Å². The van der Waals surface area contributed by atoms with Crippen molar-refractivity contribution in [2.24, 2.45) is 0 Å². The highest BCUT2D eigenvalue weighted by molar-refractivity contribution is 5.67. The summed E-state index contributed by atoms with van der Waals surface area (Å²) in [4.78, 5) is 11.0. The summed E-state index contributed by atoms with van der Waals surface area (Å²) < 4.78 is 27.7. The third-order valence-electron chi connectivity index (χ3n) is 5.95. The number of fused-ring (bicyclic) bond motifs is 1. The van der Waals surface area contributed by atoms with Gasteiger partial charge in [0.05, 0.1) is 32.1 Å². The zero-order chi connectivity index (χ0) is 24.8. The van der Waals surface area contributed by atoms with Crippen molar-refractivity contribution >= 4 is 17.3 Å². The van der Waals surface area contributed by atoms with Crippen LogP contribution in [-0.4, -0.2) is 72.1 Å². The van der Waals surface area contributed by atoms with E-state index in [0.717, 1.165) is 25.9 Å². The maximum Gasteiger partial charge on any atom is 0.192 e. The number of ether oxygens (including phenoxy) is 2. The number of nitrogens with one attached hydrogen (secondary N) is 2. The molecular formula is C24H31FN8O2. The van der Waals surface area contributed by atoms with E-state index >= 15 is 4.39 Å². The van der Waals surface area contributed by atoms with Gasteiger partial charge in [0.2, 0.25) is 0 Å². The predicted octanol–water partition coefficient (Wildman–Crippen LogP) is 2.84. The number of pyridine rings is 1. The van der Waals surface area contributed by atoms with Crippen molar-refractivity contribution in [3.05, 3.63) is 29.7 Å². The monoisotopic (exact) mass is 482 g/mol. The molecule has 0 spiro atoms. The molecule has 0 radical (unpaired) electrons. The maximum atomic E-state index is 15.1. The van der Waals surface area contributed by atoms with Gasteiger partial charge in [0.15, 0.2) is 23.0 Å². The minimum Gasteiger partial charge on any atom is -0.493 e. The molecular weight excluding hydrogens is 451 g/mol. The topological polar surface area (TPSA) is 113 Å². The number of anilines is 2. The number of nitrogens with zero attached hydrogens (tertiary/aromatic N) is 6. The highest BCUT2D eigenvalue weighted by Crippen LogP contribution is 2.31. The molecule has 0 bridgehead atoms. The Balaban J connectivity index is 0.00000141. The average molecular weight is 483 g/mol. The van der Waals surface area contributed by atoms with Crippen LogP contribution in [0.15, 0.2) is 18.3 Å². The molecule has 5 heterocycles. The summed E-state index contributed by atoms with van der Waals surface area (Å²) >= 11 is 0. The molecule has 0 aromatic carbocycles. The second-order valence-electron chi connectivity index (χ2n) is 8.06. The van der Waals surface area contributed by atoms with Gasteiger partial charge in [-0.3, -0.25) is 0 Å². The minimum absolute atomic E-state index is 0.0818. The molecule has 5 rings (SSSR count). The smallest absolute Gasteiger partial charge is 0.192 e. The second kappa shape index (κ2) is 11.3. The van der Waals surface area contributed by atoms with Crippen LogP contribution in [0, 0.1) is 17.1 Å². The Kier molecular flexibility index (Phi) is 7.94. The van der Waals surface area contributed by atoms with Crippen LogP contribution in [0.25, 0.3) is 17.0 Å². The quantitative estimate of drug-likeness (QED) is 0.567. The number of nitriles is 1. The fourth-order valence-electron chi connectivity index (χ4n) is 4.23. The summed E-state index contributed by atoms with van der Waals surface area (Å²) in [7, 11) is 1.58. The van der Waals surface area contributed by atoms with Crippen LogP contribution in [0.5, 0.6) is 5.75 Å². The summed E-state index contributed by atoms with van der Waals surface area (Å²) in [6, 6.07) is 5.15. The largest absolute Gasteiger partial charge is 0.493 e. The average Bonchev–Trinajstić information content (AvgIpc) is 3.33. The normalized spacial score (nSPS) is 17.9. The molecule has 1 unspecified atom stereocenters. The summed E-state index contributed by atoms with van der Waals surface area (Å²) in [5.74, 6) is 0.973. The molecule has 3 aromatic rings. The lowest BCUT2D eigenvalue weighted by molar-refractivity contribution is 0.122. The first kappa shape index (κ1) is 24.6. The molecule has 2 aliphatic heterocycles. The van der Waals surface area contributed by atoms with Gasteiger partial charge in [-0.15, -0.1) is 5.10 Å². The zero-order valence-electron chi connectivity index (χ0n) is 20.3. The van der Waals surface area contributed by atoms with Crippen molar-refractivity contribution in [2.75, 3.05) is 56.7 Å². The Morgan fingerprint density at radius 3 is 2.77 bits per heavy atom. The van der Waals surface area contributed by atoms with Gasteiger partial charge in [0, 0.05) is 31.7 Å². The van der Waals surface area contributed by atoms with Gasteiger partial charge in [-0.2, -0.15) is 5.26 Å². The number of halogens is 1. The van der Waals surface area contributed by atoms with Gasteiger partial charge in [0.1, 0.15) is 23.3 Å². The molecule has 35 heavy (non-hydrogen) atoms.